The summed E-state index contributed by atoms with van der Waals surface area (Å²) >= 11 is 1.73. The predicted molar refractivity (Wildman–Crippen MR) is 187 cm³/mol. The number of benzene rings is 5. The van der Waals surface area contributed by atoms with E-state index >= 15 is 0 Å². The quantitative estimate of drug-likeness (QED) is 0.0963. The molecule has 0 fully saturated rings. The summed E-state index contributed by atoms with van der Waals surface area (Å²) in [6.07, 6.45) is 7.81. The summed E-state index contributed by atoms with van der Waals surface area (Å²) in [7, 11) is 0. The average molecular weight is 596 g/mol. The molecule has 0 atom stereocenters. The molecular formula is C40H37NO2S. The molecule has 3 nitrogen and oxygen atoms in total. The van der Waals surface area contributed by atoms with Crippen LogP contribution >= 0.6 is 11.9 Å². The van der Waals surface area contributed by atoms with Gasteiger partial charge in [-0.05, 0) is 88.5 Å². The molecule has 5 aromatic carbocycles. The van der Waals surface area contributed by atoms with Crippen LogP contribution in [0.1, 0.15) is 44.5 Å². The van der Waals surface area contributed by atoms with Crippen LogP contribution in [0.5, 0.6) is 5.75 Å². The normalized spacial score (nSPS) is 12.2. The SMILES string of the molecule is CSN1Cc2ccc(OCc3ccc(/C=C/c4ccccc4)cc3)cc2-c2c(C)c(-c3ccc(C)cc3)c(CC=O)c(C)c21. The van der Waals surface area contributed by atoms with E-state index in [0.717, 1.165) is 46.4 Å². The van der Waals surface area contributed by atoms with E-state index < -0.39 is 0 Å². The Hall–Kier alpha value is -4.54. The summed E-state index contributed by atoms with van der Waals surface area (Å²) in [4.78, 5) is 11.9. The topological polar surface area (TPSA) is 29.5 Å². The minimum absolute atomic E-state index is 0.391. The lowest BCUT2D eigenvalue weighted by molar-refractivity contribution is -0.107. The van der Waals surface area contributed by atoms with Crippen LogP contribution in [0.3, 0.4) is 0 Å². The lowest BCUT2D eigenvalue weighted by Crippen LogP contribution is -2.22. The van der Waals surface area contributed by atoms with Crippen molar-refractivity contribution in [1.82, 2.24) is 0 Å². The zero-order valence-electron chi connectivity index (χ0n) is 25.8. The van der Waals surface area contributed by atoms with Crippen LogP contribution in [0, 0.1) is 20.8 Å². The highest BCUT2D eigenvalue weighted by Crippen LogP contribution is 2.50. The fourth-order valence-corrected chi connectivity index (χ4v) is 6.87. The fourth-order valence-electron chi connectivity index (χ4n) is 6.19. The first-order valence-electron chi connectivity index (χ1n) is 15.0. The Morgan fingerprint density at radius 2 is 1.50 bits per heavy atom. The van der Waals surface area contributed by atoms with Crippen LogP contribution in [0.15, 0.2) is 97.1 Å². The van der Waals surface area contributed by atoms with Gasteiger partial charge in [-0.15, -0.1) is 0 Å². The van der Waals surface area contributed by atoms with Gasteiger partial charge in [0.15, 0.2) is 0 Å². The van der Waals surface area contributed by atoms with Gasteiger partial charge in [-0.2, -0.15) is 0 Å². The summed E-state index contributed by atoms with van der Waals surface area (Å²) < 4.78 is 8.74. The van der Waals surface area contributed by atoms with Crippen LogP contribution in [-0.2, 0) is 24.4 Å². The molecule has 0 radical (unpaired) electrons. The van der Waals surface area contributed by atoms with E-state index in [0.29, 0.717) is 13.0 Å². The van der Waals surface area contributed by atoms with Gasteiger partial charge >= 0.3 is 0 Å². The van der Waals surface area contributed by atoms with Gasteiger partial charge in [-0.1, -0.05) is 115 Å². The van der Waals surface area contributed by atoms with Crippen LogP contribution in [0.2, 0.25) is 0 Å². The highest BCUT2D eigenvalue weighted by atomic mass is 32.2. The number of fused-ring (bicyclic) bond motifs is 3. The maximum absolute atomic E-state index is 11.9. The van der Waals surface area contributed by atoms with E-state index in [2.05, 4.69) is 134 Å². The van der Waals surface area contributed by atoms with E-state index in [1.807, 2.05) is 6.07 Å². The molecule has 0 unspecified atom stereocenters. The van der Waals surface area contributed by atoms with E-state index in [1.54, 1.807) is 11.9 Å². The molecule has 6 rings (SSSR count). The van der Waals surface area contributed by atoms with Crippen molar-refractivity contribution < 1.29 is 9.53 Å². The first-order chi connectivity index (χ1) is 21.5. The lowest BCUT2D eigenvalue weighted by atomic mass is 9.81. The first kappa shape index (κ1) is 29.5. The van der Waals surface area contributed by atoms with Crippen molar-refractivity contribution in [1.29, 1.82) is 0 Å². The number of nitrogens with zero attached hydrogens (tertiary/aromatic N) is 1. The van der Waals surface area contributed by atoms with E-state index in [9.17, 15) is 4.79 Å². The van der Waals surface area contributed by atoms with E-state index in [1.165, 1.54) is 44.6 Å². The summed E-state index contributed by atoms with van der Waals surface area (Å²) in [5, 5.41) is 0. The maximum atomic E-state index is 11.9. The van der Waals surface area contributed by atoms with Crippen molar-refractivity contribution in [2.45, 2.75) is 40.3 Å². The Morgan fingerprint density at radius 1 is 0.795 bits per heavy atom. The number of rotatable bonds is 9. The number of hydrogen-bond donors (Lipinski definition) is 0. The summed E-state index contributed by atoms with van der Waals surface area (Å²) in [5.74, 6) is 0.853. The minimum atomic E-state index is 0.391. The molecule has 0 aromatic heterocycles. The third kappa shape index (κ3) is 5.95. The molecule has 0 saturated heterocycles. The Kier molecular flexibility index (Phi) is 8.72. The molecule has 1 aliphatic rings. The molecule has 4 heteroatoms. The number of carbonyl (C=O) groups is 1. The highest BCUT2D eigenvalue weighted by Gasteiger charge is 2.30. The number of aryl methyl sites for hydroxylation is 1. The minimum Gasteiger partial charge on any atom is -0.489 e. The Bertz CT molecular complexity index is 1820. The third-order valence-corrected chi connectivity index (χ3v) is 9.26. The lowest BCUT2D eigenvalue weighted by Gasteiger charge is -2.36. The van der Waals surface area contributed by atoms with Crippen molar-refractivity contribution >= 4 is 36.1 Å². The Balaban J connectivity index is 1.33. The number of hydrogen-bond acceptors (Lipinski definition) is 4. The van der Waals surface area contributed by atoms with Crippen LogP contribution < -0.4 is 9.04 Å². The number of carbonyl (C=O) groups excluding carboxylic acids is 1. The molecule has 0 saturated carbocycles. The second-order valence-corrected chi connectivity index (χ2v) is 12.2. The number of ether oxygens (including phenoxy) is 1. The number of anilines is 1. The monoisotopic (exact) mass is 595 g/mol. The molecule has 0 amide bonds. The maximum Gasteiger partial charge on any atom is 0.124 e. The molecule has 0 N–H and O–H groups in total. The van der Waals surface area contributed by atoms with Crippen LogP contribution in [0.4, 0.5) is 5.69 Å². The second kappa shape index (κ2) is 13.0. The molecule has 0 spiro atoms. The Morgan fingerprint density at radius 3 is 2.18 bits per heavy atom. The second-order valence-electron chi connectivity index (χ2n) is 11.4. The van der Waals surface area contributed by atoms with Crippen molar-refractivity contribution in [3.05, 3.63) is 142 Å². The van der Waals surface area contributed by atoms with Crippen molar-refractivity contribution in [3.63, 3.8) is 0 Å². The van der Waals surface area contributed by atoms with Crippen LogP contribution in [0.25, 0.3) is 34.4 Å². The van der Waals surface area contributed by atoms with Gasteiger partial charge in [-0.3, -0.25) is 0 Å². The summed E-state index contributed by atoms with van der Waals surface area (Å²) in [5.41, 5.74) is 15.4. The van der Waals surface area contributed by atoms with Gasteiger partial charge in [-0.25, -0.2) is 0 Å². The van der Waals surface area contributed by atoms with Gasteiger partial charge in [0.1, 0.15) is 18.6 Å². The van der Waals surface area contributed by atoms with Gasteiger partial charge < -0.3 is 13.8 Å². The van der Waals surface area contributed by atoms with Gasteiger partial charge in [0, 0.05) is 18.2 Å². The summed E-state index contributed by atoms with van der Waals surface area (Å²) in [6, 6.07) is 34.0. The highest BCUT2D eigenvalue weighted by molar-refractivity contribution is 7.99. The average Bonchev–Trinajstić information content (AvgIpc) is 3.06. The first-order valence-corrected chi connectivity index (χ1v) is 16.2. The fraction of sp³-hybridized carbons (Fsp3) is 0.175. The number of aldehydes is 1. The molecular weight excluding hydrogens is 559 g/mol. The zero-order valence-corrected chi connectivity index (χ0v) is 26.6. The summed E-state index contributed by atoms with van der Waals surface area (Å²) in [6.45, 7) is 7.77. The van der Waals surface area contributed by atoms with Gasteiger partial charge in [0.05, 0.1) is 12.2 Å². The van der Waals surface area contributed by atoms with Crippen LogP contribution in [-0.4, -0.2) is 12.5 Å². The van der Waals surface area contributed by atoms with Crippen molar-refractivity contribution in [2.24, 2.45) is 0 Å². The smallest absolute Gasteiger partial charge is 0.124 e. The molecule has 220 valence electrons. The molecule has 1 aliphatic heterocycles. The van der Waals surface area contributed by atoms with E-state index in [4.69, 9.17) is 4.74 Å². The zero-order chi connectivity index (χ0) is 30.6. The van der Waals surface area contributed by atoms with Gasteiger partial charge in [0.25, 0.3) is 0 Å². The molecule has 0 aliphatic carbocycles. The third-order valence-electron chi connectivity index (χ3n) is 8.51. The Labute approximate surface area is 265 Å². The van der Waals surface area contributed by atoms with Gasteiger partial charge in [0.2, 0.25) is 0 Å². The molecule has 44 heavy (non-hydrogen) atoms. The molecule has 1 heterocycles. The standard InChI is InChI=1S/C40H37NO2S/c1-27-10-18-33(19-11-27)38-29(3)39-37-24-35(21-20-34(37)25-41(44-4)40(39)28(2)36(38)22-23-42)43-26-32-16-14-31(15-17-32)13-12-30-8-6-5-7-9-30/h5-21,23-24H,22,25-26H2,1-4H3/b13-12+. The van der Waals surface area contributed by atoms with Crippen molar-refractivity contribution in [3.8, 4) is 28.0 Å². The predicted octanol–water partition coefficient (Wildman–Crippen LogP) is 10.0. The van der Waals surface area contributed by atoms with E-state index in [-0.39, 0.29) is 0 Å². The van der Waals surface area contributed by atoms with Crippen molar-refractivity contribution in [2.75, 3.05) is 10.6 Å². The molecule has 0 bridgehead atoms. The largest absolute Gasteiger partial charge is 0.489 e. The molecule has 5 aromatic rings.